The molecule has 2 aromatic heterocycles. The van der Waals surface area contributed by atoms with E-state index in [2.05, 4.69) is 24.8 Å². The second-order valence-corrected chi connectivity index (χ2v) is 5.00. The number of hydrogen-bond donors (Lipinski definition) is 1. The summed E-state index contributed by atoms with van der Waals surface area (Å²) in [6, 6.07) is 0. The number of hydrogen-bond acceptors (Lipinski definition) is 6. The van der Waals surface area contributed by atoms with E-state index in [1.807, 2.05) is 7.05 Å². The van der Waals surface area contributed by atoms with E-state index in [9.17, 15) is 0 Å². The summed E-state index contributed by atoms with van der Waals surface area (Å²) in [5.74, 6) is 2.49. The molecule has 90 valence electrons. The van der Waals surface area contributed by atoms with Crippen LogP contribution in [0.4, 0.5) is 5.13 Å². The summed E-state index contributed by atoms with van der Waals surface area (Å²) in [5, 5.41) is 8.38. The summed E-state index contributed by atoms with van der Waals surface area (Å²) in [5.41, 5.74) is 0. The van der Waals surface area contributed by atoms with Crippen LogP contribution in [-0.4, -0.2) is 30.7 Å². The highest BCUT2D eigenvalue weighted by atomic mass is 32.1. The fraction of sp³-hybridized carbons (Fsp3) is 0.600. The topological polar surface area (TPSA) is 68.5 Å². The van der Waals surface area contributed by atoms with Crippen molar-refractivity contribution in [3.05, 3.63) is 18.0 Å². The summed E-state index contributed by atoms with van der Waals surface area (Å²) < 4.78 is 6.05. The number of aryl methyl sites for hydroxylation is 1. The van der Waals surface area contributed by atoms with Gasteiger partial charge in [0.15, 0.2) is 5.82 Å². The third-order valence-electron chi connectivity index (χ3n) is 2.66. The maximum atomic E-state index is 4.46. The Morgan fingerprint density at radius 1 is 1.53 bits per heavy atom. The number of nitrogens with zero attached hydrogens (tertiary/aromatic N) is 5. The molecule has 2 aromatic rings. The lowest BCUT2D eigenvalue weighted by Crippen LogP contribution is -2.06. The SMILES string of the molecule is Cn1cnc(CCNc2nc(C3CC3)ns2)n1. The molecule has 0 spiro atoms. The van der Waals surface area contributed by atoms with Crippen molar-refractivity contribution >= 4 is 16.7 Å². The molecule has 6 nitrogen and oxygen atoms in total. The molecule has 1 aliphatic rings. The second-order valence-electron chi connectivity index (χ2n) is 4.24. The zero-order valence-corrected chi connectivity index (χ0v) is 10.4. The molecule has 0 bridgehead atoms. The number of nitrogens with one attached hydrogen (secondary N) is 1. The van der Waals surface area contributed by atoms with Gasteiger partial charge in [0.05, 0.1) is 0 Å². The van der Waals surface area contributed by atoms with Gasteiger partial charge >= 0.3 is 0 Å². The van der Waals surface area contributed by atoms with E-state index >= 15 is 0 Å². The van der Waals surface area contributed by atoms with E-state index < -0.39 is 0 Å². The molecule has 0 radical (unpaired) electrons. The van der Waals surface area contributed by atoms with Crippen molar-refractivity contribution in [2.75, 3.05) is 11.9 Å². The first-order chi connectivity index (χ1) is 8.31. The van der Waals surface area contributed by atoms with Gasteiger partial charge in [0.2, 0.25) is 5.13 Å². The van der Waals surface area contributed by atoms with Gasteiger partial charge < -0.3 is 5.32 Å². The van der Waals surface area contributed by atoms with Gasteiger partial charge in [0.25, 0.3) is 0 Å². The van der Waals surface area contributed by atoms with Crippen LogP contribution in [0.1, 0.15) is 30.4 Å². The lowest BCUT2D eigenvalue weighted by Gasteiger charge is -1.98. The summed E-state index contributed by atoms with van der Waals surface area (Å²) >= 11 is 1.44. The quantitative estimate of drug-likeness (QED) is 0.863. The van der Waals surface area contributed by atoms with Crippen molar-refractivity contribution in [3.8, 4) is 0 Å². The Kier molecular flexibility index (Phi) is 2.76. The third-order valence-corrected chi connectivity index (χ3v) is 3.34. The minimum Gasteiger partial charge on any atom is -0.360 e. The first kappa shape index (κ1) is 10.6. The standard InChI is InChI=1S/C10H14N6S/c1-16-6-12-8(14-16)4-5-11-10-13-9(15-17-10)7-2-3-7/h6-7H,2-5H2,1H3,(H,11,13,15). The van der Waals surface area contributed by atoms with Crippen LogP contribution in [0.25, 0.3) is 0 Å². The maximum absolute atomic E-state index is 4.46. The molecule has 0 aliphatic heterocycles. The number of aromatic nitrogens is 5. The van der Waals surface area contributed by atoms with Gasteiger partial charge in [-0.25, -0.2) is 9.97 Å². The predicted molar refractivity (Wildman–Crippen MR) is 65.1 cm³/mol. The average molecular weight is 250 g/mol. The van der Waals surface area contributed by atoms with Crippen molar-refractivity contribution in [1.82, 2.24) is 24.1 Å². The Hall–Kier alpha value is -1.50. The first-order valence-corrected chi connectivity index (χ1v) is 6.50. The van der Waals surface area contributed by atoms with Gasteiger partial charge in [-0.15, -0.1) is 0 Å². The van der Waals surface area contributed by atoms with E-state index in [-0.39, 0.29) is 0 Å². The van der Waals surface area contributed by atoms with Crippen molar-refractivity contribution < 1.29 is 0 Å². The fourth-order valence-electron chi connectivity index (χ4n) is 1.59. The van der Waals surface area contributed by atoms with Crippen LogP contribution in [-0.2, 0) is 13.5 Å². The van der Waals surface area contributed by atoms with E-state index in [1.165, 1.54) is 24.4 Å². The van der Waals surface area contributed by atoms with Crippen molar-refractivity contribution in [2.45, 2.75) is 25.2 Å². The fourth-order valence-corrected chi connectivity index (χ4v) is 2.26. The lowest BCUT2D eigenvalue weighted by molar-refractivity contribution is 0.742. The predicted octanol–water partition coefficient (Wildman–Crippen LogP) is 1.20. The molecule has 2 heterocycles. The Labute approximate surface area is 103 Å². The Bertz CT molecular complexity index is 500. The van der Waals surface area contributed by atoms with Gasteiger partial charge in [0.1, 0.15) is 12.2 Å². The second kappa shape index (κ2) is 4.40. The third kappa shape index (κ3) is 2.60. The van der Waals surface area contributed by atoms with Crippen LogP contribution in [0.3, 0.4) is 0 Å². The van der Waals surface area contributed by atoms with Crippen LogP contribution in [0, 0.1) is 0 Å². The van der Waals surface area contributed by atoms with Crippen LogP contribution in [0.15, 0.2) is 6.33 Å². The highest BCUT2D eigenvalue weighted by molar-refractivity contribution is 7.09. The normalized spacial score (nSPS) is 15.1. The molecule has 7 heteroatoms. The molecule has 3 rings (SSSR count). The molecule has 1 saturated carbocycles. The van der Waals surface area contributed by atoms with E-state index in [4.69, 9.17) is 0 Å². The first-order valence-electron chi connectivity index (χ1n) is 5.73. The highest BCUT2D eigenvalue weighted by Crippen LogP contribution is 2.39. The Morgan fingerprint density at radius 3 is 3.12 bits per heavy atom. The molecule has 0 unspecified atom stereocenters. The van der Waals surface area contributed by atoms with E-state index in [0.717, 1.165) is 29.7 Å². The Balaban J connectivity index is 1.49. The molecule has 17 heavy (non-hydrogen) atoms. The monoisotopic (exact) mass is 250 g/mol. The summed E-state index contributed by atoms with van der Waals surface area (Å²) in [4.78, 5) is 8.63. The molecule has 0 saturated heterocycles. The van der Waals surface area contributed by atoms with E-state index in [1.54, 1.807) is 11.0 Å². The molecular formula is C10H14N6S. The number of anilines is 1. The molecule has 0 aromatic carbocycles. The van der Waals surface area contributed by atoms with Gasteiger partial charge in [-0.05, 0) is 12.8 Å². The zero-order chi connectivity index (χ0) is 11.7. The minimum atomic E-state index is 0.624. The van der Waals surface area contributed by atoms with Gasteiger partial charge in [-0.2, -0.15) is 9.47 Å². The van der Waals surface area contributed by atoms with Gasteiger partial charge in [0, 0.05) is 37.5 Å². The van der Waals surface area contributed by atoms with Crippen LogP contribution >= 0.6 is 11.5 Å². The molecule has 1 fully saturated rings. The van der Waals surface area contributed by atoms with Crippen molar-refractivity contribution in [3.63, 3.8) is 0 Å². The van der Waals surface area contributed by atoms with Crippen LogP contribution in [0.2, 0.25) is 0 Å². The maximum Gasteiger partial charge on any atom is 0.202 e. The highest BCUT2D eigenvalue weighted by Gasteiger charge is 2.27. The lowest BCUT2D eigenvalue weighted by atomic mass is 10.4. The van der Waals surface area contributed by atoms with Crippen LogP contribution < -0.4 is 5.32 Å². The average Bonchev–Trinajstić information content (AvgIpc) is 2.93. The molecule has 1 aliphatic carbocycles. The summed E-state index contributed by atoms with van der Waals surface area (Å²) in [6.07, 6.45) is 5.01. The molecule has 1 N–H and O–H groups in total. The minimum absolute atomic E-state index is 0.624. The zero-order valence-electron chi connectivity index (χ0n) is 9.63. The molecule has 0 atom stereocenters. The summed E-state index contributed by atoms with van der Waals surface area (Å²) in [7, 11) is 1.87. The molecule has 0 amide bonds. The van der Waals surface area contributed by atoms with E-state index in [0.29, 0.717) is 5.92 Å². The van der Waals surface area contributed by atoms with Gasteiger partial charge in [-0.1, -0.05) is 0 Å². The van der Waals surface area contributed by atoms with Crippen LogP contribution in [0.5, 0.6) is 0 Å². The van der Waals surface area contributed by atoms with Crippen molar-refractivity contribution in [1.29, 1.82) is 0 Å². The van der Waals surface area contributed by atoms with Crippen molar-refractivity contribution in [2.24, 2.45) is 7.05 Å². The number of rotatable bonds is 5. The largest absolute Gasteiger partial charge is 0.360 e. The molecular weight excluding hydrogens is 236 g/mol. The summed E-state index contributed by atoms with van der Waals surface area (Å²) in [6.45, 7) is 0.795. The van der Waals surface area contributed by atoms with Gasteiger partial charge in [-0.3, -0.25) is 4.68 Å². The Morgan fingerprint density at radius 2 is 2.41 bits per heavy atom. The smallest absolute Gasteiger partial charge is 0.202 e.